The van der Waals surface area contributed by atoms with Crippen molar-refractivity contribution >= 4 is 11.9 Å². The molecule has 0 saturated carbocycles. The fraction of sp³-hybridized carbons (Fsp3) is 0.800. The van der Waals surface area contributed by atoms with Gasteiger partial charge in [0.15, 0.2) is 5.67 Å². The van der Waals surface area contributed by atoms with Gasteiger partial charge in [-0.2, -0.15) is 26.3 Å². The minimum Gasteiger partial charge on any atom is -0.481 e. The average molecular weight is 328 g/mol. The Morgan fingerprint density at radius 2 is 1.33 bits per heavy atom. The summed E-state index contributed by atoms with van der Waals surface area (Å²) in [5.74, 6) is -26.6. The van der Waals surface area contributed by atoms with Crippen LogP contribution in [0.25, 0.3) is 0 Å². The van der Waals surface area contributed by atoms with Gasteiger partial charge < -0.3 is 10.2 Å². The molecule has 0 aliphatic heterocycles. The van der Waals surface area contributed by atoms with Crippen molar-refractivity contribution in [1.82, 2.24) is 0 Å². The highest BCUT2D eigenvalue weighted by Gasteiger charge is 2.81. The van der Waals surface area contributed by atoms with Gasteiger partial charge in [-0.25, -0.2) is 9.18 Å². The first-order valence-corrected chi connectivity index (χ1v) is 5.31. The molecule has 0 aliphatic rings. The molecule has 11 heteroatoms. The second-order valence-electron chi connectivity index (χ2n) is 4.60. The van der Waals surface area contributed by atoms with Crippen LogP contribution in [0, 0.1) is 5.92 Å². The second-order valence-corrected chi connectivity index (χ2v) is 4.60. The Balaban J connectivity index is 5.83. The third-order valence-corrected chi connectivity index (χ3v) is 3.08. The summed E-state index contributed by atoms with van der Waals surface area (Å²) < 4.78 is 92.7. The molecule has 0 rings (SSSR count). The number of aliphatic carboxylic acids is 2. The van der Waals surface area contributed by atoms with Crippen LogP contribution in [-0.2, 0) is 9.59 Å². The van der Waals surface area contributed by atoms with E-state index in [1.807, 2.05) is 0 Å². The Morgan fingerprint density at radius 1 is 0.952 bits per heavy atom. The predicted molar refractivity (Wildman–Crippen MR) is 53.4 cm³/mol. The number of hydrogen-bond acceptors (Lipinski definition) is 2. The third-order valence-electron chi connectivity index (χ3n) is 3.08. The number of rotatable bonds is 7. The summed E-state index contributed by atoms with van der Waals surface area (Å²) in [6, 6.07) is 0. The molecule has 2 N–H and O–H groups in total. The summed E-state index contributed by atoms with van der Waals surface area (Å²) in [5, 5.41) is 16.2. The van der Waals surface area contributed by atoms with Gasteiger partial charge in [0.1, 0.15) is 0 Å². The molecular weight excluding hydrogens is 317 g/mol. The number of carbonyl (C=O) groups is 2. The largest absolute Gasteiger partial charge is 0.481 e. The van der Waals surface area contributed by atoms with Crippen molar-refractivity contribution in [3.05, 3.63) is 0 Å². The van der Waals surface area contributed by atoms with E-state index in [0.29, 0.717) is 6.92 Å². The van der Waals surface area contributed by atoms with E-state index in [-0.39, 0.29) is 6.92 Å². The van der Waals surface area contributed by atoms with Crippen molar-refractivity contribution < 1.29 is 50.5 Å². The maximum Gasteiger partial charge on any atom is 0.410 e. The van der Waals surface area contributed by atoms with E-state index in [2.05, 4.69) is 0 Å². The lowest BCUT2D eigenvalue weighted by atomic mass is 9.80. The second kappa shape index (κ2) is 5.34. The summed E-state index contributed by atoms with van der Waals surface area (Å²) in [5.41, 5.74) is -4.40. The number of carboxylic acids is 2. The van der Waals surface area contributed by atoms with Crippen molar-refractivity contribution in [3.8, 4) is 0 Å². The van der Waals surface area contributed by atoms with Gasteiger partial charge in [-0.15, -0.1) is 0 Å². The molecule has 0 spiro atoms. The molecule has 0 radical (unpaired) electrons. The number of carboxylic acid groups (broad SMARTS) is 2. The van der Waals surface area contributed by atoms with Gasteiger partial charge in [0, 0.05) is 5.92 Å². The predicted octanol–water partition coefficient (Wildman–Crippen LogP) is 2.82. The smallest absolute Gasteiger partial charge is 0.410 e. The van der Waals surface area contributed by atoms with Crippen LogP contribution in [0.15, 0.2) is 0 Å². The molecule has 0 aromatic heterocycles. The van der Waals surface area contributed by atoms with E-state index >= 15 is 0 Å². The maximum atomic E-state index is 13.9. The van der Waals surface area contributed by atoms with Crippen LogP contribution in [0.1, 0.15) is 20.3 Å². The Hall–Kier alpha value is -1.55. The standard InChI is InChI=1S/C10H11F7O4/c1-4(3-5(18)19)7(2,11)9(14,15)10(16,17)8(12,13)6(20)21/h4H,3H2,1-2H3,(H,18,19)(H,20,21). The zero-order valence-electron chi connectivity index (χ0n) is 10.6. The molecular formula is C10H11F7O4. The lowest BCUT2D eigenvalue weighted by Gasteiger charge is -2.40. The molecule has 0 bridgehead atoms. The monoisotopic (exact) mass is 328 g/mol. The summed E-state index contributed by atoms with van der Waals surface area (Å²) in [4.78, 5) is 20.3. The van der Waals surface area contributed by atoms with Crippen molar-refractivity contribution in [2.45, 2.75) is 43.7 Å². The fourth-order valence-electron chi connectivity index (χ4n) is 1.40. The van der Waals surface area contributed by atoms with Gasteiger partial charge in [-0.05, 0) is 6.92 Å². The molecule has 4 nitrogen and oxygen atoms in total. The normalized spacial score (nSPS) is 18.0. The van der Waals surface area contributed by atoms with Gasteiger partial charge >= 0.3 is 29.7 Å². The molecule has 0 fully saturated rings. The van der Waals surface area contributed by atoms with Gasteiger partial charge in [-0.1, -0.05) is 6.92 Å². The summed E-state index contributed by atoms with van der Waals surface area (Å²) in [6.45, 7) is 0.309. The van der Waals surface area contributed by atoms with Crippen molar-refractivity contribution in [3.63, 3.8) is 0 Å². The van der Waals surface area contributed by atoms with Crippen LogP contribution in [0.3, 0.4) is 0 Å². The molecule has 0 aromatic carbocycles. The number of halogens is 7. The van der Waals surface area contributed by atoms with Crippen LogP contribution in [-0.4, -0.2) is 45.6 Å². The van der Waals surface area contributed by atoms with E-state index in [4.69, 9.17) is 10.2 Å². The van der Waals surface area contributed by atoms with Crippen LogP contribution in [0.2, 0.25) is 0 Å². The van der Waals surface area contributed by atoms with Crippen molar-refractivity contribution in [2.24, 2.45) is 5.92 Å². The van der Waals surface area contributed by atoms with Crippen LogP contribution < -0.4 is 0 Å². The molecule has 0 saturated heterocycles. The molecule has 124 valence electrons. The first-order valence-electron chi connectivity index (χ1n) is 5.31. The highest BCUT2D eigenvalue weighted by atomic mass is 19.3. The number of hydrogen-bond donors (Lipinski definition) is 2. The Labute approximate surface area is 113 Å². The third kappa shape index (κ3) is 2.91. The quantitative estimate of drug-likeness (QED) is 0.705. The molecule has 2 unspecified atom stereocenters. The lowest BCUT2D eigenvalue weighted by Crippen LogP contribution is -2.66. The van der Waals surface area contributed by atoms with E-state index in [0.717, 1.165) is 0 Å². The van der Waals surface area contributed by atoms with Crippen molar-refractivity contribution in [1.29, 1.82) is 0 Å². The molecule has 0 aromatic rings. The van der Waals surface area contributed by atoms with Crippen LogP contribution >= 0.6 is 0 Å². The SMILES string of the molecule is CC(CC(=O)O)C(C)(F)C(F)(F)C(F)(F)C(F)(F)C(=O)O. The topological polar surface area (TPSA) is 74.6 Å². The van der Waals surface area contributed by atoms with Crippen LogP contribution in [0.5, 0.6) is 0 Å². The fourth-order valence-corrected chi connectivity index (χ4v) is 1.40. The average Bonchev–Trinajstić information content (AvgIpc) is 2.26. The van der Waals surface area contributed by atoms with Gasteiger partial charge in [0.05, 0.1) is 6.42 Å². The Bertz CT molecular complexity index is 433. The van der Waals surface area contributed by atoms with Gasteiger partial charge in [0.25, 0.3) is 0 Å². The van der Waals surface area contributed by atoms with Gasteiger partial charge in [0.2, 0.25) is 0 Å². The van der Waals surface area contributed by atoms with E-state index in [9.17, 15) is 40.3 Å². The summed E-state index contributed by atoms with van der Waals surface area (Å²) >= 11 is 0. The first-order chi connectivity index (χ1) is 9.03. The highest BCUT2D eigenvalue weighted by Crippen LogP contribution is 2.54. The first kappa shape index (κ1) is 19.4. The lowest BCUT2D eigenvalue weighted by molar-refractivity contribution is -0.340. The van der Waals surface area contributed by atoms with E-state index < -0.39 is 47.7 Å². The molecule has 21 heavy (non-hydrogen) atoms. The summed E-state index contributed by atoms with van der Waals surface area (Å²) in [7, 11) is 0. The van der Waals surface area contributed by atoms with Crippen molar-refractivity contribution in [2.75, 3.05) is 0 Å². The minimum absolute atomic E-state index is 0.188. The summed E-state index contributed by atoms with van der Waals surface area (Å²) in [6.07, 6.45) is -1.35. The molecule has 0 amide bonds. The van der Waals surface area contributed by atoms with Gasteiger partial charge in [-0.3, -0.25) is 4.79 Å². The van der Waals surface area contributed by atoms with E-state index in [1.54, 1.807) is 0 Å². The zero-order chi connectivity index (χ0) is 17.4. The maximum absolute atomic E-state index is 13.9. The van der Waals surface area contributed by atoms with E-state index in [1.165, 1.54) is 0 Å². The highest BCUT2D eigenvalue weighted by molar-refractivity contribution is 5.77. The molecule has 2 atom stereocenters. The molecule has 0 heterocycles. The minimum atomic E-state index is -6.57. The Morgan fingerprint density at radius 3 is 1.62 bits per heavy atom. The Kier molecular flexibility index (Phi) is 4.94. The zero-order valence-corrected chi connectivity index (χ0v) is 10.6. The molecule has 0 aliphatic carbocycles. The van der Waals surface area contributed by atoms with Crippen LogP contribution in [0.4, 0.5) is 30.7 Å². The number of alkyl halides is 7.